The summed E-state index contributed by atoms with van der Waals surface area (Å²) in [5.41, 5.74) is 8.77. The molecule has 1 N–H and O–H groups in total. The van der Waals surface area contributed by atoms with Crippen LogP contribution < -0.4 is 10.2 Å². The van der Waals surface area contributed by atoms with Crippen molar-refractivity contribution in [3.8, 4) is 0 Å². The van der Waals surface area contributed by atoms with Crippen LogP contribution in [0.3, 0.4) is 0 Å². The molecule has 162 valence electrons. The Balaban J connectivity index is 1.50. The van der Waals surface area contributed by atoms with Crippen LogP contribution in [0.2, 0.25) is 0 Å². The Labute approximate surface area is 194 Å². The summed E-state index contributed by atoms with van der Waals surface area (Å²) in [4.78, 5) is 15.7. The Morgan fingerprint density at radius 2 is 1.55 bits per heavy atom. The van der Waals surface area contributed by atoms with E-state index in [1.54, 1.807) is 0 Å². The van der Waals surface area contributed by atoms with Crippen LogP contribution in [0.25, 0.3) is 10.8 Å². The SMILES string of the molecule is Cc1cccc(NC2=C[C@@H](c3ccc4c5c(cccc35)CC4)N(c3cccc(C)c3)C2=O)c1. The number of nitrogens with zero attached hydrogens (tertiary/aromatic N) is 1. The molecule has 3 nitrogen and oxygen atoms in total. The van der Waals surface area contributed by atoms with E-state index in [-0.39, 0.29) is 11.9 Å². The van der Waals surface area contributed by atoms with E-state index >= 15 is 0 Å². The second-order valence-corrected chi connectivity index (χ2v) is 9.19. The highest BCUT2D eigenvalue weighted by Gasteiger charge is 2.36. The van der Waals surface area contributed by atoms with E-state index in [4.69, 9.17) is 0 Å². The molecular weight excluding hydrogens is 404 g/mol. The molecule has 0 saturated heterocycles. The first-order valence-electron chi connectivity index (χ1n) is 11.6. The summed E-state index contributed by atoms with van der Waals surface area (Å²) in [6.07, 6.45) is 4.28. The Kier molecular flexibility index (Phi) is 4.58. The molecule has 1 aliphatic carbocycles. The average Bonchev–Trinajstić information content (AvgIpc) is 3.37. The Bertz CT molecular complexity index is 1440. The lowest BCUT2D eigenvalue weighted by molar-refractivity contribution is -0.114. The van der Waals surface area contributed by atoms with Gasteiger partial charge < -0.3 is 5.32 Å². The van der Waals surface area contributed by atoms with Crippen molar-refractivity contribution in [3.63, 3.8) is 0 Å². The zero-order valence-corrected chi connectivity index (χ0v) is 18.9. The average molecular weight is 431 g/mol. The van der Waals surface area contributed by atoms with Crippen LogP contribution in [0.4, 0.5) is 11.4 Å². The van der Waals surface area contributed by atoms with Crippen LogP contribution >= 0.6 is 0 Å². The third kappa shape index (κ3) is 3.32. The van der Waals surface area contributed by atoms with Crippen LogP contribution in [-0.4, -0.2) is 5.91 Å². The van der Waals surface area contributed by atoms with E-state index in [0.717, 1.165) is 35.3 Å². The van der Waals surface area contributed by atoms with Crippen molar-refractivity contribution in [3.05, 3.63) is 118 Å². The Morgan fingerprint density at radius 1 is 0.818 bits per heavy atom. The molecule has 33 heavy (non-hydrogen) atoms. The monoisotopic (exact) mass is 430 g/mol. The normalized spacial score (nSPS) is 17.0. The summed E-state index contributed by atoms with van der Waals surface area (Å²) in [6, 6.07) is 27.3. The molecule has 0 aromatic heterocycles. The molecule has 1 heterocycles. The molecule has 0 saturated carbocycles. The summed E-state index contributed by atoms with van der Waals surface area (Å²) >= 11 is 0. The topological polar surface area (TPSA) is 32.3 Å². The van der Waals surface area contributed by atoms with Gasteiger partial charge in [-0.3, -0.25) is 9.69 Å². The Hall–Kier alpha value is -3.85. The summed E-state index contributed by atoms with van der Waals surface area (Å²) in [5.74, 6) is -0.00430. The minimum absolute atomic E-state index is 0.00430. The van der Waals surface area contributed by atoms with Gasteiger partial charge in [-0.2, -0.15) is 0 Å². The van der Waals surface area contributed by atoms with E-state index in [1.165, 1.54) is 27.5 Å². The molecule has 6 rings (SSSR count). The molecule has 4 aromatic rings. The highest BCUT2D eigenvalue weighted by molar-refractivity contribution is 6.11. The maximum atomic E-state index is 13.8. The molecular formula is C30H26N2O. The molecule has 3 heteroatoms. The van der Waals surface area contributed by atoms with Crippen molar-refractivity contribution >= 4 is 28.1 Å². The van der Waals surface area contributed by atoms with Crippen molar-refractivity contribution in [2.24, 2.45) is 0 Å². The molecule has 1 amide bonds. The maximum Gasteiger partial charge on any atom is 0.275 e. The van der Waals surface area contributed by atoms with Crippen LogP contribution in [0.1, 0.15) is 33.9 Å². The van der Waals surface area contributed by atoms with Crippen molar-refractivity contribution in [2.75, 3.05) is 10.2 Å². The fourth-order valence-corrected chi connectivity index (χ4v) is 5.35. The zero-order valence-electron chi connectivity index (χ0n) is 18.9. The largest absolute Gasteiger partial charge is 0.351 e. The van der Waals surface area contributed by atoms with E-state index < -0.39 is 0 Å². The second kappa shape index (κ2) is 7.63. The molecule has 0 bridgehead atoms. The number of aryl methyl sites for hydroxylation is 4. The van der Waals surface area contributed by atoms with Gasteiger partial charge in [0.25, 0.3) is 5.91 Å². The summed E-state index contributed by atoms with van der Waals surface area (Å²) < 4.78 is 0. The van der Waals surface area contributed by atoms with Gasteiger partial charge in [0.05, 0.1) is 6.04 Å². The van der Waals surface area contributed by atoms with E-state index in [9.17, 15) is 4.79 Å². The smallest absolute Gasteiger partial charge is 0.275 e. The number of rotatable bonds is 4. The van der Waals surface area contributed by atoms with Crippen LogP contribution in [0.15, 0.2) is 90.6 Å². The number of carbonyl (C=O) groups excluding carboxylic acids is 1. The minimum atomic E-state index is -0.170. The summed E-state index contributed by atoms with van der Waals surface area (Å²) in [7, 11) is 0. The van der Waals surface area contributed by atoms with E-state index in [2.05, 4.69) is 79.8 Å². The third-order valence-electron chi connectivity index (χ3n) is 6.86. The van der Waals surface area contributed by atoms with Crippen LogP contribution in [0, 0.1) is 13.8 Å². The first-order chi connectivity index (χ1) is 16.1. The molecule has 0 radical (unpaired) electrons. The number of hydrogen-bond donors (Lipinski definition) is 1. The number of amides is 1. The first kappa shape index (κ1) is 19.8. The Morgan fingerprint density at radius 3 is 2.33 bits per heavy atom. The van der Waals surface area contributed by atoms with Crippen molar-refractivity contribution in [2.45, 2.75) is 32.7 Å². The highest BCUT2D eigenvalue weighted by Crippen LogP contribution is 2.41. The minimum Gasteiger partial charge on any atom is -0.351 e. The fraction of sp³-hybridized carbons (Fsp3) is 0.167. The maximum absolute atomic E-state index is 13.8. The molecule has 0 fully saturated rings. The standard InChI is InChI=1S/C30H26N2O/c1-19-6-3-9-23(16-19)31-27-18-28(32(30(27)33)24-10-4-7-20(2)17-24)25-15-14-22-13-12-21-8-5-11-26(25)29(21)22/h3-11,14-18,28,31H,12-13H2,1-2H3/t28-/m0/s1. The van der Waals surface area contributed by atoms with E-state index in [1.807, 2.05) is 29.2 Å². The number of anilines is 2. The zero-order chi connectivity index (χ0) is 22.5. The molecule has 0 unspecified atom stereocenters. The molecule has 2 aliphatic rings. The van der Waals surface area contributed by atoms with E-state index in [0.29, 0.717) is 5.70 Å². The van der Waals surface area contributed by atoms with Gasteiger partial charge in [-0.25, -0.2) is 0 Å². The van der Waals surface area contributed by atoms with Crippen molar-refractivity contribution < 1.29 is 4.79 Å². The number of nitrogens with one attached hydrogen (secondary N) is 1. The number of benzene rings is 4. The quantitative estimate of drug-likeness (QED) is 0.394. The molecule has 1 atom stereocenters. The van der Waals surface area contributed by atoms with Crippen LogP contribution in [-0.2, 0) is 17.6 Å². The number of carbonyl (C=O) groups is 1. The first-order valence-corrected chi connectivity index (χ1v) is 11.6. The van der Waals surface area contributed by atoms with Gasteiger partial charge in [-0.05, 0) is 95.6 Å². The summed E-state index contributed by atoms with van der Waals surface area (Å²) in [5, 5.41) is 6.03. The lowest BCUT2D eigenvalue weighted by atomic mass is 9.95. The van der Waals surface area contributed by atoms with Crippen molar-refractivity contribution in [1.29, 1.82) is 0 Å². The predicted octanol–water partition coefficient (Wildman–Crippen LogP) is 6.64. The third-order valence-corrected chi connectivity index (χ3v) is 6.86. The highest BCUT2D eigenvalue weighted by atomic mass is 16.2. The van der Waals surface area contributed by atoms with Gasteiger partial charge in [0, 0.05) is 11.4 Å². The van der Waals surface area contributed by atoms with Gasteiger partial charge >= 0.3 is 0 Å². The van der Waals surface area contributed by atoms with Gasteiger partial charge in [0.1, 0.15) is 5.70 Å². The fourth-order valence-electron chi connectivity index (χ4n) is 5.35. The molecule has 4 aromatic carbocycles. The molecule has 0 spiro atoms. The number of hydrogen-bond acceptors (Lipinski definition) is 2. The van der Waals surface area contributed by atoms with Gasteiger partial charge in [0.15, 0.2) is 0 Å². The van der Waals surface area contributed by atoms with Gasteiger partial charge in [0.2, 0.25) is 0 Å². The lowest BCUT2D eigenvalue weighted by Gasteiger charge is -2.27. The predicted molar refractivity (Wildman–Crippen MR) is 136 cm³/mol. The lowest BCUT2D eigenvalue weighted by Crippen LogP contribution is -2.31. The molecule has 1 aliphatic heterocycles. The van der Waals surface area contributed by atoms with Crippen LogP contribution in [0.5, 0.6) is 0 Å². The van der Waals surface area contributed by atoms with Crippen molar-refractivity contribution in [1.82, 2.24) is 0 Å². The van der Waals surface area contributed by atoms with Gasteiger partial charge in [-0.15, -0.1) is 0 Å². The second-order valence-electron chi connectivity index (χ2n) is 9.19. The summed E-state index contributed by atoms with van der Waals surface area (Å²) in [6.45, 7) is 4.13. The van der Waals surface area contributed by atoms with Gasteiger partial charge in [-0.1, -0.05) is 54.6 Å².